The van der Waals surface area contributed by atoms with Crippen LogP contribution in [0.15, 0.2) is 65.6 Å². The van der Waals surface area contributed by atoms with Crippen molar-refractivity contribution < 1.29 is 28.4 Å². The van der Waals surface area contributed by atoms with Crippen LogP contribution in [0.1, 0.15) is 83.3 Å². The van der Waals surface area contributed by atoms with Crippen LogP contribution in [0.2, 0.25) is 0 Å². The summed E-state index contributed by atoms with van der Waals surface area (Å²) in [5, 5.41) is 9.36. The molecule has 6 rings (SSSR count). The third-order valence-corrected chi connectivity index (χ3v) is 7.92. The van der Waals surface area contributed by atoms with Gasteiger partial charge in [0.25, 0.3) is 11.8 Å². The monoisotopic (exact) mass is 609 g/mol. The number of nitrogens with one attached hydrogen (secondary N) is 3. The van der Waals surface area contributed by atoms with E-state index in [2.05, 4.69) is 30.9 Å². The van der Waals surface area contributed by atoms with Crippen LogP contribution < -0.4 is 16.0 Å². The highest BCUT2D eigenvalue weighted by molar-refractivity contribution is 6.25. The maximum atomic E-state index is 13.2. The van der Waals surface area contributed by atoms with Crippen molar-refractivity contribution in [3.05, 3.63) is 83.9 Å². The fourth-order valence-corrected chi connectivity index (χ4v) is 5.69. The van der Waals surface area contributed by atoms with Crippen molar-refractivity contribution in [1.82, 2.24) is 30.5 Å². The van der Waals surface area contributed by atoms with E-state index in [1.54, 1.807) is 18.2 Å². The fourth-order valence-electron chi connectivity index (χ4n) is 5.69. The first-order chi connectivity index (χ1) is 21.9. The molecule has 3 N–H and O–H groups in total. The Morgan fingerprint density at radius 1 is 0.978 bits per heavy atom. The van der Waals surface area contributed by atoms with Gasteiger partial charge >= 0.3 is 0 Å². The Morgan fingerprint density at radius 2 is 1.78 bits per heavy atom. The summed E-state index contributed by atoms with van der Waals surface area (Å²) < 4.78 is 5.98. The van der Waals surface area contributed by atoms with Crippen LogP contribution in [0.4, 0.5) is 5.69 Å². The summed E-state index contributed by atoms with van der Waals surface area (Å²) in [6, 6.07) is 12.8. The summed E-state index contributed by atoms with van der Waals surface area (Å²) in [7, 11) is 0. The number of para-hydroxylation sites is 1. The van der Waals surface area contributed by atoms with Crippen LogP contribution in [0, 0.1) is 0 Å². The normalized spacial score (nSPS) is 16.9. The maximum Gasteiger partial charge on any atom is 0.264 e. The summed E-state index contributed by atoms with van der Waals surface area (Å²) in [6.07, 6.45) is 6.34. The van der Waals surface area contributed by atoms with Crippen molar-refractivity contribution in [2.75, 3.05) is 11.9 Å². The summed E-state index contributed by atoms with van der Waals surface area (Å²) in [5.41, 5.74) is 1.70. The SMILES string of the molecule is O=C1CCC(N2C(=O)c3cccc(NCCCCCCC(=O)NC(c4ncncn4)c4cc5ccccc5o4)c3C2=O)C(=O)N1. The molecule has 0 saturated carbocycles. The smallest absolute Gasteiger partial charge is 0.264 e. The van der Waals surface area contributed by atoms with Gasteiger partial charge in [-0.25, -0.2) is 15.0 Å². The van der Waals surface area contributed by atoms with Crippen LogP contribution in [0.5, 0.6) is 0 Å². The minimum atomic E-state index is -1.01. The van der Waals surface area contributed by atoms with Gasteiger partial charge in [-0.05, 0) is 43.5 Å². The number of piperidine rings is 1. The molecule has 2 atom stereocenters. The molecule has 0 bridgehead atoms. The number of nitrogens with zero attached hydrogens (tertiary/aromatic N) is 4. The van der Waals surface area contributed by atoms with Gasteiger partial charge in [0.1, 0.15) is 36.1 Å². The zero-order valence-corrected chi connectivity index (χ0v) is 24.3. The van der Waals surface area contributed by atoms with Crippen LogP contribution >= 0.6 is 0 Å². The van der Waals surface area contributed by atoms with E-state index < -0.39 is 35.7 Å². The molecule has 2 aromatic heterocycles. The molecule has 45 heavy (non-hydrogen) atoms. The highest BCUT2D eigenvalue weighted by Gasteiger charge is 2.45. The summed E-state index contributed by atoms with van der Waals surface area (Å²) in [6.45, 7) is 0.552. The standard InChI is InChI=1S/C32H31N7O6/c40-25(37-28(29-35-17-33-18-36-29)24-16-19-8-4-5-11-23(19)45-24)12-3-1-2-6-15-34-21-10-7-9-20-27(21)32(44)39(31(20)43)22-13-14-26(41)38-30(22)42/h4-5,7-11,16-18,22,28,34H,1-3,6,12-15H2,(H,37,40)(H,38,41,42). The number of imide groups is 2. The first kappa shape index (κ1) is 29.6. The van der Waals surface area contributed by atoms with Crippen molar-refractivity contribution in [2.24, 2.45) is 0 Å². The van der Waals surface area contributed by atoms with Crippen molar-refractivity contribution >= 4 is 46.2 Å². The van der Waals surface area contributed by atoms with E-state index in [0.29, 0.717) is 42.2 Å². The molecular weight excluding hydrogens is 578 g/mol. The Balaban J connectivity index is 0.978. The number of hydrogen-bond donors (Lipinski definition) is 3. The number of carbonyl (C=O) groups excluding carboxylic acids is 5. The lowest BCUT2D eigenvalue weighted by atomic mass is 10.0. The highest BCUT2D eigenvalue weighted by atomic mass is 16.3. The summed E-state index contributed by atoms with van der Waals surface area (Å²) >= 11 is 0. The van der Waals surface area contributed by atoms with Crippen LogP contribution in [0.25, 0.3) is 11.0 Å². The number of carbonyl (C=O) groups is 5. The number of anilines is 1. The van der Waals surface area contributed by atoms with Crippen molar-refractivity contribution in [1.29, 1.82) is 0 Å². The molecule has 0 spiro atoms. The Bertz CT molecular complexity index is 1740. The Kier molecular flexibility index (Phi) is 8.58. The molecule has 0 aliphatic carbocycles. The molecule has 2 aliphatic heterocycles. The predicted molar refractivity (Wildman–Crippen MR) is 161 cm³/mol. The van der Waals surface area contributed by atoms with Gasteiger partial charge in [0.2, 0.25) is 17.7 Å². The van der Waals surface area contributed by atoms with E-state index in [4.69, 9.17) is 4.42 Å². The van der Waals surface area contributed by atoms with Crippen molar-refractivity contribution in [3.63, 3.8) is 0 Å². The fraction of sp³-hybridized carbons (Fsp3) is 0.312. The second-order valence-electron chi connectivity index (χ2n) is 10.9. The first-order valence-electron chi connectivity index (χ1n) is 14.9. The Morgan fingerprint density at radius 3 is 2.58 bits per heavy atom. The lowest BCUT2D eigenvalue weighted by molar-refractivity contribution is -0.136. The number of amides is 5. The van der Waals surface area contributed by atoms with E-state index in [9.17, 15) is 24.0 Å². The Hall–Kier alpha value is -5.46. The molecule has 1 fully saturated rings. The molecule has 2 unspecified atom stereocenters. The first-order valence-corrected chi connectivity index (χ1v) is 14.9. The van der Waals surface area contributed by atoms with Gasteiger partial charge in [-0.3, -0.25) is 34.2 Å². The molecule has 0 radical (unpaired) electrons. The average Bonchev–Trinajstić information content (AvgIpc) is 3.58. The third kappa shape index (κ3) is 6.28. The lowest BCUT2D eigenvalue weighted by Crippen LogP contribution is -2.54. The van der Waals surface area contributed by atoms with Gasteiger partial charge in [-0.15, -0.1) is 0 Å². The minimum absolute atomic E-state index is 0.0671. The third-order valence-electron chi connectivity index (χ3n) is 7.92. The topological polar surface area (TPSA) is 176 Å². The number of hydrogen-bond acceptors (Lipinski definition) is 10. The van der Waals surface area contributed by atoms with Gasteiger partial charge < -0.3 is 15.1 Å². The quantitative estimate of drug-likeness (QED) is 0.160. The van der Waals surface area contributed by atoms with Gasteiger partial charge in [0, 0.05) is 30.5 Å². The molecule has 2 aromatic carbocycles. The summed E-state index contributed by atoms with van der Waals surface area (Å²) in [4.78, 5) is 76.3. The Labute approximate surface area is 257 Å². The van der Waals surface area contributed by atoms with E-state index in [1.807, 2.05) is 30.3 Å². The lowest BCUT2D eigenvalue weighted by Gasteiger charge is -2.27. The van der Waals surface area contributed by atoms with E-state index in [1.165, 1.54) is 12.7 Å². The molecule has 13 heteroatoms. The zero-order chi connectivity index (χ0) is 31.3. The number of fused-ring (bicyclic) bond motifs is 2. The van der Waals surface area contributed by atoms with Crippen LogP contribution in [-0.4, -0.2) is 62.0 Å². The molecule has 1 saturated heterocycles. The van der Waals surface area contributed by atoms with E-state index in [-0.39, 0.29) is 29.9 Å². The molecule has 230 valence electrons. The van der Waals surface area contributed by atoms with Crippen LogP contribution in [-0.2, 0) is 14.4 Å². The second-order valence-corrected chi connectivity index (χ2v) is 10.9. The minimum Gasteiger partial charge on any atom is -0.458 e. The predicted octanol–water partition coefficient (Wildman–Crippen LogP) is 3.29. The average molecular weight is 610 g/mol. The van der Waals surface area contributed by atoms with E-state index in [0.717, 1.165) is 29.5 Å². The molecular formula is C32H31N7O6. The van der Waals surface area contributed by atoms with Crippen LogP contribution in [0.3, 0.4) is 0 Å². The largest absolute Gasteiger partial charge is 0.458 e. The van der Waals surface area contributed by atoms with Gasteiger partial charge in [-0.1, -0.05) is 37.1 Å². The number of aromatic nitrogens is 3. The molecule has 13 nitrogen and oxygen atoms in total. The number of benzene rings is 2. The van der Waals surface area contributed by atoms with Crippen molar-refractivity contribution in [3.8, 4) is 0 Å². The summed E-state index contributed by atoms with van der Waals surface area (Å²) in [5.74, 6) is -1.36. The second kappa shape index (κ2) is 13.0. The van der Waals surface area contributed by atoms with Gasteiger partial charge in [0.15, 0.2) is 5.82 Å². The molecule has 4 aromatic rings. The number of unbranched alkanes of at least 4 members (excludes halogenated alkanes) is 3. The number of rotatable bonds is 12. The van der Waals surface area contributed by atoms with E-state index >= 15 is 0 Å². The highest BCUT2D eigenvalue weighted by Crippen LogP contribution is 2.32. The molecule has 4 heterocycles. The molecule has 5 amide bonds. The zero-order valence-electron chi connectivity index (χ0n) is 24.3. The maximum absolute atomic E-state index is 13.2. The molecule has 2 aliphatic rings. The van der Waals surface area contributed by atoms with Crippen molar-refractivity contribution in [2.45, 2.75) is 57.0 Å². The van der Waals surface area contributed by atoms with Gasteiger partial charge in [-0.2, -0.15) is 0 Å². The van der Waals surface area contributed by atoms with Gasteiger partial charge in [0.05, 0.1) is 11.1 Å². The number of furan rings is 1.